The third-order valence-corrected chi connectivity index (χ3v) is 5.53. The number of carbonyl (C=O) groups excluding carboxylic acids is 2. The topological polar surface area (TPSA) is 82.9 Å². The zero-order valence-electron chi connectivity index (χ0n) is 18.7. The van der Waals surface area contributed by atoms with Gasteiger partial charge >= 0.3 is 12.4 Å². The number of nitrogens with zero attached hydrogens (tertiary/aromatic N) is 3. The summed E-state index contributed by atoms with van der Waals surface area (Å²) < 4.78 is 18.1. The van der Waals surface area contributed by atoms with Gasteiger partial charge in [-0.1, -0.05) is 43.6 Å². The number of hydrogen-bond donors (Lipinski definition) is 0. The number of halogens is 1. The van der Waals surface area contributed by atoms with Crippen LogP contribution in [0.25, 0.3) is 5.69 Å². The first-order valence-electron chi connectivity index (χ1n) is 10.6. The summed E-state index contributed by atoms with van der Waals surface area (Å²) in [6, 6.07) is 14.1. The van der Waals surface area contributed by atoms with Gasteiger partial charge in [0.2, 0.25) is 0 Å². The molecule has 0 radical (unpaired) electrons. The predicted octanol–water partition coefficient (Wildman–Crippen LogP) is 4.65. The third-order valence-electron chi connectivity index (χ3n) is 5.16. The van der Waals surface area contributed by atoms with Crippen molar-refractivity contribution >= 4 is 23.5 Å². The highest BCUT2D eigenvalue weighted by Crippen LogP contribution is 2.35. The summed E-state index contributed by atoms with van der Waals surface area (Å²) in [5.41, 5.74) is 1.68. The van der Waals surface area contributed by atoms with E-state index in [1.54, 1.807) is 55.1 Å². The molecule has 3 aromatic rings. The lowest BCUT2D eigenvalue weighted by Crippen LogP contribution is -2.42. The fraction of sp³-hybridized carbons (Fsp3) is 0.292. The quantitative estimate of drug-likeness (QED) is 0.488. The highest BCUT2D eigenvalue weighted by atomic mass is 35.5. The second kappa shape index (κ2) is 9.15. The molecule has 0 spiro atoms. The molecule has 0 unspecified atom stereocenters. The van der Waals surface area contributed by atoms with Gasteiger partial charge in [-0.15, -0.1) is 0 Å². The number of benzene rings is 2. The number of aromatic nitrogens is 2. The van der Waals surface area contributed by atoms with E-state index in [1.165, 1.54) is 4.90 Å². The Morgan fingerprint density at radius 3 is 2.42 bits per heavy atom. The van der Waals surface area contributed by atoms with Crippen molar-refractivity contribution in [1.82, 2.24) is 14.7 Å². The van der Waals surface area contributed by atoms with Crippen LogP contribution in [0.2, 0.25) is 5.02 Å². The molecule has 2 aromatic carbocycles. The zero-order chi connectivity index (χ0) is 23.7. The molecule has 0 bridgehead atoms. The van der Waals surface area contributed by atoms with E-state index in [0.29, 0.717) is 28.4 Å². The summed E-state index contributed by atoms with van der Waals surface area (Å²) >= 11 is 6.50. The van der Waals surface area contributed by atoms with Gasteiger partial charge in [0.1, 0.15) is 0 Å². The Labute approximate surface area is 196 Å². The van der Waals surface area contributed by atoms with Crippen LogP contribution in [-0.4, -0.2) is 46.6 Å². The van der Waals surface area contributed by atoms with Crippen LogP contribution in [0.5, 0.6) is 11.5 Å². The van der Waals surface area contributed by atoms with Crippen molar-refractivity contribution in [2.75, 3.05) is 13.7 Å². The van der Waals surface area contributed by atoms with Crippen molar-refractivity contribution < 1.29 is 23.8 Å². The molecule has 33 heavy (non-hydrogen) atoms. The SMILES string of the molecule is CCOC(=O)c1nn(-c2cccc(C(=O)N(C)C3Oc4ccccc4O3)c2)c(C(C)C)c1Cl. The van der Waals surface area contributed by atoms with E-state index < -0.39 is 12.4 Å². The van der Waals surface area contributed by atoms with Crippen molar-refractivity contribution in [2.45, 2.75) is 33.1 Å². The van der Waals surface area contributed by atoms with Crippen LogP contribution in [0.4, 0.5) is 0 Å². The number of hydrogen-bond acceptors (Lipinski definition) is 6. The van der Waals surface area contributed by atoms with Gasteiger partial charge in [0.05, 0.1) is 23.0 Å². The van der Waals surface area contributed by atoms with Crippen LogP contribution in [0.1, 0.15) is 53.2 Å². The summed E-state index contributed by atoms with van der Waals surface area (Å²) in [4.78, 5) is 26.9. The average molecular weight is 470 g/mol. The molecule has 0 saturated carbocycles. The zero-order valence-corrected chi connectivity index (χ0v) is 19.5. The van der Waals surface area contributed by atoms with Gasteiger partial charge in [0.25, 0.3) is 5.91 Å². The van der Waals surface area contributed by atoms with E-state index in [2.05, 4.69) is 5.10 Å². The molecular weight excluding hydrogens is 446 g/mol. The monoisotopic (exact) mass is 469 g/mol. The Hall–Kier alpha value is -3.52. The Balaban J connectivity index is 1.64. The molecule has 1 aliphatic rings. The normalized spacial score (nSPS) is 12.8. The molecule has 1 aliphatic heterocycles. The summed E-state index contributed by atoms with van der Waals surface area (Å²) in [6.07, 6.45) is -0.876. The summed E-state index contributed by atoms with van der Waals surface area (Å²) in [5.74, 6) is 0.231. The Kier molecular flexibility index (Phi) is 6.29. The second-order valence-corrected chi connectivity index (χ2v) is 8.17. The maximum absolute atomic E-state index is 13.2. The van der Waals surface area contributed by atoms with Crippen molar-refractivity contribution in [2.24, 2.45) is 0 Å². The molecule has 0 atom stereocenters. The van der Waals surface area contributed by atoms with Crippen LogP contribution in [-0.2, 0) is 4.74 Å². The molecule has 0 saturated heterocycles. The molecule has 172 valence electrons. The Bertz CT molecular complexity index is 1180. The number of fused-ring (bicyclic) bond motifs is 1. The van der Waals surface area contributed by atoms with Crippen LogP contribution in [0.3, 0.4) is 0 Å². The van der Waals surface area contributed by atoms with Gasteiger partial charge < -0.3 is 14.2 Å². The van der Waals surface area contributed by atoms with Crippen molar-refractivity contribution in [1.29, 1.82) is 0 Å². The summed E-state index contributed by atoms with van der Waals surface area (Å²) in [5, 5.41) is 4.64. The van der Waals surface area contributed by atoms with Gasteiger partial charge in [-0.05, 0) is 43.2 Å². The standard InChI is InChI=1S/C24H24ClN3O5/c1-5-31-23(30)20-19(25)21(14(2)3)28(26-20)16-10-8-9-15(13-16)22(29)27(4)24-32-17-11-6-7-12-18(17)33-24/h6-14,24H,5H2,1-4H3. The van der Waals surface area contributed by atoms with Gasteiger partial charge in [0.15, 0.2) is 17.2 Å². The highest BCUT2D eigenvalue weighted by molar-refractivity contribution is 6.34. The molecule has 1 aromatic heterocycles. The van der Waals surface area contributed by atoms with Crippen LogP contribution >= 0.6 is 11.6 Å². The molecule has 9 heteroatoms. The minimum Gasteiger partial charge on any atom is -0.461 e. The van der Waals surface area contributed by atoms with Gasteiger partial charge in [-0.3, -0.25) is 9.69 Å². The lowest BCUT2D eigenvalue weighted by Gasteiger charge is -2.23. The number of carbonyl (C=O) groups is 2. The van der Waals surface area contributed by atoms with Crippen molar-refractivity contribution in [3.05, 3.63) is 70.5 Å². The van der Waals surface area contributed by atoms with E-state index in [9.17, 15) is 9.59 Å². The maximum Gasteiger partial charge on any atom is 0.360 e. The minimum absolute atomic E-state index is 0.0333. The molecule has 0 aliphatic carbocycles. The number of para-hydroxylation sites is 2. The average Bonchev–Trinajstić information content (AvgIpc) is 3.39. The molecule has 0 fully saturated rings. The lowest BCUT2D eigenvalue weighted by atomic mass is 10.1. The largest absolute Gasteiger partial charge is 0.461 e. The van der Waals surface area contributed by atoms with E-state index in [4.69, 9.17) is 25.8 Å². The second-order valence-electron chi connectivity index (χ2n) is 7.79. The van der Waals surface area contributed by atoms with Gasteiger partial charge in [0, 0.05) is 12.6 Å². The molecule has 1 amide bonds. The fourth-order valence-electron chi connectivity index (χ4n) is 3.55. The van der Waals surface area contributed by atoms with Crippen LogP contribution in [0, 0.1) is 0 Å². The van der Waals surface area contributed by atoms with Crippen LogP contribution < -0.4 is 9.47 Å². The van der Waals surface area contributed by atoms with E-state index in [0.717, 1.165) is 0 Å². The van der Waals surface area contributed by atoms with Gasteiger partial charge in [-0.2, -0.15) is 5.10 Å². The molecular formula is C24H24ClN3O5. The first-order chi connectivity index (χ1) is 15.8. The highest BCUT2D eigenvalue weighted by Gasteiger charge is 2.31. The van der Waals surface area contributed by atoms with Gasteiger partial charge in [-0.25, -0.2) is 9.48 Å². The van der Waals surface area contributed by atoms with E-state index in [1.807, 2.05) is 26.0 Å². The number of ether oxygens (including phenoxy) is 3. The maximum atomic E-state index is 13.2. The summed E-state index contributed by atoms with van der Waals surface area (Å²) in [7, 11) is 1.61. The molecule has 4 rings (SSSR count). The Morgan fingerprint density at radius 1 is 1.15 bits per heavy atom. The third kappa shape index (κ3) is 4.26. The number of amides is 1. The lowest BCUT2D eigenvalue weighted by molar-refractivity contribution is -0.0578. The first kappa shape index (κ1) is 22.7. The van der Waals surface area contributed by atoms with Crippen LogP contribution in [0.15, 0.2) is 48.5 Å². The van der Waals surface area contributed by atoms with Crippen molar-refractivity contribution in [3.8, 4) is 17.2 Å². The summed E-state index contributed by atoms with van der Waals surface area (Å²) in [6.45, 7) is 5.83. The van der Waals surface area contributed by atoms with E-state index >= 15 is 0 Å². The number of rotatable bonds is 6. The molecule has 8 nitrogen and oxygen atoms in total. The number of esters is 1. The molecule has 2 heterocycles. The van der Waals surface area contributed by atoms with E-state index in [-0.39, 0.29) is 29.1 Å². The first-order valence-corrected chi connectivity index (χ1v) is 10.9. The molecule has 0 N–H and O–H groups in total. The fourth-order valence-corrected chi connectivity index (χ4v) is 3.96. The predicted molar refractivity (Wildman–Crippen MR) is 122 cm³/mol. The Morgan fingerprint density at radius 2 is 1.82 bits per heavy atom. The minimum atomic E-state index is -0.876. The van der Waals surface area contributed by atoms with Crippen molar-refractivity contribution in [3.63, 3.8) is 0 Å². The smallest absolute Gasteiger partial charge is 0.360 e.